The van der Waals surface area contributed by atoms with E-state index in [1.165, 1.54) is 0 Å². The van der Waals surface area contributed by atoms with Crippen LogP contribution in [0.3, 0.4) is 0 Å². The predicted molar refractivity (Wildman–Crippen MR) is 81.8 cm³/mol. The van der Waals surface area contributed by atoms with Gasteiger partial charge in [0.1, 0.15) is 5.69 Å². The highest BCUT2D eigenvalue weighted by Crippen LogP contribution is 2.41. The van der Waals surface area contributed by atoms with Crippen LogP contribution >= 0.6 is 0 Å². The number of carbonyl (C=O) groups is 1. The van der Waals surface area contributed by atoms with Gasteiger partial charge in [-0.3, -0.25) is 0 Å². The van der Waals surface area contributed by atoms with E-state index in [1.807, 2.05) is 12.1 Å². The SMILES string of the molecule is CCOC(=O)c1cc(-c2cc(OC)c(OC)c(OC)c2)c[nH]1. The van der Waals surface area contributed by atoms with Crippen molar-refractivity contribution >= 4 is 5.97 Å². The van der Waals surface area contributed by atoms with Crippen molar-refractivity contribution in [2.75, 3.05) is 27.9 Å². The number of ether oxygens (including phenoxy) is 4. The van der Waals surface area contributed by atoms with Crippen LogP contribution in [-0.2, 0) is 4.74 Å². The van der Waals surface area contributed by atoms with Gasteiger partial charge < -0.3 is 23.9 Å². The van der Waals surface area contributed by atoms with Gasteiger partial charge in [-0.05, 0) is 30.7 Å². The van der Waals surface area contributed by atoms with E-state index in [-0.39, 0.29) is 5.97 Å². The first-order valence-corrected chi connectivity index (χ1v) is 6.80. The summed E-state index contributed by atoms with van der Waals surface area (Å²) in [5.74, 6) is 1.24. The molecule has 0 aliphatic heterocycles. The van der Waals surface area contributed by atoms with Gasteiger partial charge >= 0.3 is 5.97 Å². The van der Waals surface area contributed by atoms with Crippen LogP contribution in [0.25, 0.3) is 11.1 Å². The monoisotopic (exact) mass is 305 g/mol. The Balaban J connectivity index is 2.42. The van der Waals surface area contributed by atoms with Crippen molar-refractivity contribution in [3.63, 3.8) is 0 Å². The number of carbonyl (C=O) groups excluding carboxylic acids is 1. The molecule has 0 spiro atoms. The smallest absolute Gasteiger partial charge is 0.354 e. The summed E-state index contributed by atoms with van der Waals surface area (Å²) in [6.45, 7) is 2.10. The molecule has 6 nitrogen and oxygen atoms in total. The van der Waals surface area contributed by atoms with Crippen molar-refractivity contribution in [2.45, 2.75) is 6.92 Å². The van der Waals surface area contributed by atoms with Crippen LogP contribution in [0.2, 0.25) is 0 Å². The molecule has 22 heavy (non-hydrogen) atoms. The number of rotatable bonds is 6. The number of methoxy groups -OCH3 is 3. The molecule has 1 aromatic carbocycles. The third-order valence-corrected chi connectivity index (χ3v) is 3.18. The molecule has 0 saturated heterocycles. The number of aromatic nitrogens is 1. The van der Waals surface area contributed by atoms with Crippen LogP contribution in [0.15, 0.2) is 24.4 Å². The number of H-pyrrole nitrogens is 1. The minimum absolute atomic E-state index is 0.331. The van der Waals surface area contributed by atoms with E-state index < -0.39 is 0 Å². The van der Waals surface area contributed by atoms with Crippen molar-refractivity contribution in [1.82, 2.24) is 4.98 Å². The van der Waals surface area contributed by atoms with Gasteiger partial charge in [-0.15, -0.1) is 0 Å². The summed E-state index contributed by atoms with van der Waals surface area (Å²) in [5.41, 5.74) is 2.05. The molecule has 0 saturated carbocycles. The zero-order valence-electron chi connectivity index (χ0n) is 13.1. The van der Waals surface area contributed by atoms with Gasteiger partial charge in [0.2, 0.25) is 5.75 Å². The standard InChI is InChI=1S/C16H19NO5/c1-5-22-16(18)12-6-11(9-17-12)10-7-13(19-2)15(21-4)14(8-10)20-3/h6-9,17H,5H2,1-4H3. The lowest BCUT2D eigenvalue weighted by Gasteiger charge is -2.13. The van der Waals surface area contributed by atoms with E-state index in [0.29, 0.717) is 29.5 Å². The molecule has 0 aliphatic rings. The molecule has 2 rings (SSSR count). The number of aromatic amines is 1. The maximum atomic E-state index is 11.7. The number of benzene rings is 1. The molecular formula is C16H19NO5. The fraction of sp³-hybridized carbons (Fsp3) is 0.312. The Hall–Kier alpha value is -2.63. The first-order chi connectivity index (χ1) is 10.6. The summed E-state index contributed by atoms with van der Waals surface area (Å²) >= 11 is 0. The molecule has 1 aromatic heterocycles. The molecule has 118 valence electrons. The molecule has 0 unspecified atom stereocenters. The van der Waals surface area contributed by atoms with Crippen molar-refractivity contribution in [2.24, 2.45) is 0 Å². The number of hydrogen-bond acceptors (Lipinski definition) is 5. The molecule has 0 bridgehead atoms. The molecule has 0 fully saturated rings. The average Bonchev–Trinajstić information content (AvgIpc) is 3.03. The molecular weight excluding hydrogens is 286 g/mol. The minimum Gasteiger partial charge on any atom is -0.493 e. The van der Waals surface area contributed by atoms with Crippen LogP contribution in [0, 0.1) is 0 Å². The van der Waals surface area contributed by atoms with E-state index in [4.69, 9.17) is 18.9 Å². The Kier molecular flexibility index (Phi) is 4.93. The first-order valence-electron chi connectivity index (χ1n) is 6.80. The van der Waals surface area contributed by atoms with E-state index in [0.717, 1.165) is 11.1 Å². The van der Waals surface area contributed by atoms with Crippen molar-refractivity contribution in [3.8, 4) is 28.4 Å². The summed E-state index contributed by atoms with van der Waals surface area (Å²) < 4.78 is 20.9. The summed E-state index contributed by atoms with van der Waals surface area (Å²) in [4.78, 5) is 14.6. The van der Waals surface area contributed by atoms with Gasteiger partial charge in [0, 0.05) is 11.8 Å². The van der Waals surface area contributed by atoms with Crippen molar-refractivity contribution < 1.29 is 23.7 Å². The maximum absolute atomic E-state index is 11.7. The Morgan fingerprint density at radius 3 is 2.14 bits per heavy atom. The number of nitrogens with one attached hydrogen (secondary N) is 1. The second kappa shape index (κ2) is 6.89. The molecule has 0 aliphatic carbocycles. The van der Waals surface area contributed by atoms with Crippen LogP contribution in [0.1, 0.15) is 17.4 Å². The van der Waals surface area contributed by atoms with Crippen LogP contribution in [-0.4, -0.2) is 38.9 Å². The predicted octanol–water partition coefficient (Wildman–Crippen LogP) is 2.88. The Labute approximate surface area is 129 Å². The fourth-order valence-corrected chi connectivity index (χ4v) is 2.14. The normalized spacial score (nSPS) is 10.2. The zero-order chi connectivity index (χ0) is 16.1. The zero-order valence-corrected chi connectivity index (χ0v) is 13.1. The van der Waals surface area contributed by atoms with Gasteiger partial charge in [-0.25, -0.2) is 4.79 Å². The van der Waals surface area contributed by atoms with Crippen molar-refractivity contribution in [1.29, 1.82) is 0 Å². The summed E-state index contributed by atoms with van der Waals surface area (Å²) in [6.07, 6.45) is 1.73. The lowest BCUT2D eigenvalue weighted by molar-refractivity contribution is 0.0520. The fourth-order valence-electron chi connectivity index (χ4n) is 2.14. The highest BCUT2D eigenvalue weighted by Gasteiger charge is 2.16. The van der Waals surface area contributed by atoms with Gasteiger partial charge in [0.05, 0.1) is 27.9 Å². The first kappa shape index (κ1) is 15.8. The summed E-state index contributed by atoms with van der Waals surface area (Å²) in [6, 6.07) is 5.36. The van der Waals surface area contributed by atoms with E-state index in [2.05, 4.69) is 4.98 Å². The molecule has 1 heterocycles. The summed E-state index contributed by atoms with van der Waals surface area (Å²) in [7, 11) is 4.67. The number of esters is 1. The topological polar surface area (TPSA) is 69.8 Å². The number of hydrogen-bond donors (Lipinski definition) is 1. The third kappa shape index (κ3) is 3.00. The molecule has 1 N–H and O–H groups in total. The van der Waals surface area contributed by atoms with E-state index in [1.54, 1.807) is 40.5 Å². The molecule has 0 radical (unpaired) electrons. The second-order valence-electron chi connectivity index (χ2n) is 4.44. The average molecular weight is 305 g/mol. The second-order valence-corrected chi connectivity index (χ2v) is 4.44. The quantitative estimate of drug-likeness (QED) is 0.831. The highest BCUT2D eigenvalue weighted by atomic mass is 16.5. The molecule has 0 atom stereocenters. The Morgan fingerprint density at radius 2 is 1.64 bits per heavy atom. The van der Waals surface area contributed by atoms with E-state index in [9.17, 15) is 4.79 Å². The lowest BCUT2D eigenvalue weighted by atomic mass is 10.1. The third-order valence-electron chi connectivity index (χ3n) is 3.18. The van der Waals surface area contributed by atoms with Crippen molar-refractivity contribution in [3.05, 3.63) is 30.1 Å². The maximum Gasteiger partial charge on any atom is 0.354 e. The van der Waals surface area contributed by atoms with Crippen LogP contribution in [0.5, 0.6) is 17.2 Å². The molecule has 6 heteroatoms. The lowest BCUT2D eigenvalue weighted by Crippen LogP contribution is -2.04. The molecule has 2 aromatic rings. The van der Waals surface area contributed by atoms with Crippen LogP contribution in [0.4, 0.5) is 0 Å². The largest absolute Gasteiger partial charge is 0.493 e. The van der Waals surface area contributed by atoms with Gasteiger partial charge in [0.15, 0.2) is 11.5 Å². The van der Waals surface area contributed by atoms with E-state index >= 15 is 0 Å². The van der Waals surface area contributed by atoms with Gasteiger partial charge in [0.25, 0.3) is 0 Å². The summed E-state index contributed by atoms with van der Waals surface area (Å²) in [5, 5.41) is 0. The Bertz CT molecular complexity index is 637. The van der Waals surface area contributed by atoms with Gasteiger partial charge in [-0.1, -0.05) is 0 Å². The minimum atomic E-state index is -0.388. The van der Waals surface area contributed by atoms with Gasteiger partial charge in [-0.2, -0.15) is 0 Å². The van der Waals surface area contributed by atoms with Crippen LogP contribution < -0.4 is 14.2 Å². The highest BCUT2D eigenvalue weighted by molar-refractivity contribution is 5.89. The Morgan fingerprint density at radius 1 is 1.00 bits per heavy atom. The molecule has 0 amide bonds.